The summed E-state index contributed by atoms with van der Waals surface area (Å²) in [6, 6.07) is 8.23. The van der Waals surface area contributed by atoms with Crippen LogP contribution in [0.3, 0.4) is 0 Å². The quantitative estimate of drug-likeness (QED) is 0.596. The van der Waals surface area contributed by atoms with Crippen LogP contribution >= 0.6 is 43.8 Å². The van der Waals surface area contributed by atoms with Crippen LogP contribution < -0.4 is 4.72 Å². The summed E-state index contributed by atoms with van der Waals surface area (Å²) in [5.74, 6) is 0. The van der Waals surface area contributed by atoms with E-state index in [0.717, 1.165) is 33.2 Å². The Hall–Kier alpha value is -0.0200. The van der Waals surface area contributed by atoms with Gasteiger partial charge in [-0.2, -0.15) is 5.26 Å². The predicted molar refractivity (Wildman–Crippen MR) is 75.2 cm³/mol. The molecular weight excluding hydrogens is 352 g/mol. The molecule has 0 spiro atoms. The molecule has 86 valence electrons. The molecule has 0 fully saturated rings. The average Bonchev–Trinajstić information content (AvgIpc) is 2.28. The molecule has 0 saturated heterocycles. The van der Waals surface area contributed by atoms with Crippen molar-refractivity contribution in [2.24, 2.45) is 0 Å². The third-order valence-electron chi connectivity index (χ3n) is 1.89. The Morgan fingerprint density at radius 3 is 2.88 bits per heavy atom. The zero-order valence-corrected chi connectivity index (χ0v) is 12.7. The highest BCUT2D eigenvalue weighted by molar-refractivity contribution is 9.11. The number of unbranched alkanes of at least 4 members (excludes halogenated alkanes) is 2. The highest BCUT2D eigenvalue weighted by atomic mass is 79.9. The van der Waals surface area contributed by atoms with Crippen LogP contribution in [0.15, 0.2) is 32.0 Å². The SMILES string of the molecule is N#CCCCCNSc1cc(Br)ccc1Br. The highest BCUT2D eigenvalue weighted by Gasteiger charge is 2.00. The molecule has 0 unspecified atom stereocenters. The van der Waals surface area contributed by atoms with E-state index in [1.165, 1.54) is 0 Å². The van der Waals surface area contributed by atoms with E-state index in [1.54, 1.807) is 11.9 Å². The average molecular weight is 364 g/mol. The van der Waals surface area contributed by atoms with Crippen molar-refractivity contribution in [1.82, 2.24) is 4.72 Å². The van der Waals surface area contributed by atoms with Gasteiger partial charge >= 0.3 is 0 Å². The second-order valence-electron chi connectivity index (χ2n) is 3.19. The molecule has 1 aromatic rings. The zero-order chi connectivity index (χ0) is 11.8. The first kappa shape index (κ1) is 14.0. The third-order valence-corrected chi connectivity index (χ3v) is 4.25. The maximum Gasteiger partial charge on any atom is 0.0621 e. The Morgan fingerprint density at radius 1 is 1.31 bits per heavy atom. The van der Waals surface area contributed by atoms with E-state index >= 15 is 0 Å². The Kier molecular flexibility index (Phi) is 7.13. The molecule has 0 radical (unpaired) electrons. The van der Waals surface area contributed by atoms with Crippen LogP contribution in [0, 0.1) is 11.3 Å². The van der Waals surface area contributed by atoms with Crippen LogP contribution in [0.4, 0.5) is 0 Å². The van der Waals surface area contributed by atoms with Gasteiger partial charge in [0.2, 0.25) is 0 Å². The van der Waals surface area contributed by atoms with E-state index in [9.17, 15) is 0 Å². The highest BCUT2D eigenvalue weighted by Crippen LogP contribution is 2.28. The minimum absolute atomic E-state index is 0.646. The maximum atomic E-state index is 8.38. The van der Waals surface area contributed by atoms with Crippen molar-refractivity contribution in [3.05, 3.63) is 27.1 Å². The van der Waals surface area contributed by atoms with Crippen molar-refractivity contribution < 1.29 is 0 Å². The fourth-order valence-electron chi connectivity index (χ4n) is 1.09. The first-order valence-electron chi connectivity index (χ1n) is 4.95. The molecule has 0 bridgehead atoms. The van der Waals surface area contributed by atoms with Crippen LogP contribution in [0.2, 0.25) is 0 Å². The van der Waals surface area contributed by atoms with Crippen molar-refractivity contribution in [3.63, 3.8) is 0 Å². The molecule has 0 amide bonds. The fourth-order valence-corrected chi connectivity index (χ4v) is 2.84. The molecule has 1 N–H and O–H groups in total. The van der Waals surface area contributed by atoms with E-state index in [1.807, 2.05) is 12.1 Å². The van der Waals surface area contributed by atoms with Crippen LogP contribution in [0.5, 0.6) is 0 Å². The second-order valence-corrected chi connectivity index (χ2v) is 5.89. The zero-order valence-electron chi connectivity index (χ0n) is 8.67. The molecule has 0 heterocycles. The molecule has 5 heteroatoms. The lowest BCUT2D eigenvalue weighted by Crippen LogP contribution is -2.05. The van der Waals surface area contributed by atoms with Gasteiger partial charge in [0.15, 0.2) is 0 Å². The molecule has 16 heavy (non-hydrogen) atoms. The third kappa shape index (κ3) is 5.35. The fraction of sp³-hybridized carbons (Fsp3) is 0.364. The summed E-state index contributed by atoms with van der Waals surface area (Å²) >= 11 is 8.55. The summed E-state index contributed by atoms with van der Waals surface area (Å²) in [4.78, 5) is 1.16. The van der Waals surface area contributed by atoms with Gasteiger partial charge in [-0.05, 0) is 58.9 Å². The van der Waals surface area contributed by atoms with Gasteiger partial charge in [0.05, 0.1) is 6.07 Å². The lowest BCUT2D eigenvalue weighted by Gasteiger charge is -2.05. The van der Waals surface area contributed by atoms with Crippen LogP contribution in [-0.2, 0) is 0 Å². The molecule has 0 atom stereocenters. The lowest BCUT2D eigenvalue weighted by molar-refractivity contribution is 0.740. The predicted octanol–water partition coefficient (Wildman–Crippen LogP) is 4.50. The summed E-state index contributed by atoms with van der Waals surface area (Å²) in [7, 11) is 0. The Balaban J connectivity index is 2.27. The molecule has 0 aromatic heterocycles. The van der Waals surface area contributed by atoms with Crippen molar-refractivity contribution >= 4 is 43.8 Å². The summed E-state index contributed by atoms with van der Waals surface area (Å²) in [5.41, 5.74) is 0. The van der Waals surface area contributed by atoms with Crippen molar-refractivity contribution in [1.29, 1.82) is 5.26 Å². The number of hydrogen-bond donors (Lipinski definition) is 1. The Bertz CT molecular complexity index is 377. The van der Waals surface area contributed by atoms with Gasteiger partial charge in [0.1, 0.15) is 0 Å². The Morgan fingerprint density at radius 2 is 2.12 bits per heavy atom. The minimum Gasteiger partial charge on any atom is -0.260 e. The van der Waals surface area contributed by atoms with Gasteiger partial charge in [0, 0.05) is 26.8 Å². The molecule has 2 nitrogen and oxygen atoms in total. The first-order valence-corrected chi connectivity index (χ1v) is 7.36. The monoisotopic (exact) mass is 362 g/mol. The molecule has 1 rings (SSSR count). The van der Waals surface area contributed by atoms with E-state index in [4.69, 9.17) is 5.26 Å². The standard InChI is InChI=1S/C11H12Br2N2S/c12-9-4-5-10(13)11(8-9)16-15-7-3-1-2-6-14/h4-5,8,15H,1-3,7H2. The molecular formula is C11H12Br2N2S. The number of nitriles is 1. The van der Waals surface area contributed by atoms with Gasteiger partial charge in [0.25, 0.3) is 0 Å². The smallest absolute Gasteiger partial charge is 0.0621 e. The normalized spacial score (nSPS) is 10.1. The molecule has 1 aromatic carbocycles. The summed E-state index contributed by atoms with van der Waals surface area (Å²) in [5, 5.41) is 8.38. The van der Waals surface area contributed by atoms with Crippen molar-refractivity contribution in [2.75, 3.05) is 6.54 Å². The lowest BCUT2D eigenvalue weighted by atomic mass is 10.2. The van der Waals surface area contributed by atoms with Gasteiger partial charge in [-0.1, -0.05) is 15.9 Å². The number of hydrogen-bond acceptors (Lipinski definition) is 3. The van der Waals surface area contributed by atoms with Gasteiger partial charge in [-0.3, -0.25) is 4.72 Å². The number of benzene rings is 1. The van der Waals surface area contributed by atoms with Crippen LogP contribution in [0.25, 0.3) is 0 Å². The van der Waals surface area contributed by atoms with Crippen molar-refractivity contribution in [2.45, 2.75) is 24.2 Å². The summed E-state index contributed by atoms with van der Waals surface area (Å²) in [6.45, 7) is 0.922. The van der Waals surface area contributed by atoms with Gasteiger partial charge in [-0.25, -0.2) is 0 Å². The molecule has 0 aliphatic heterocycles. The molecule has 0 aliphatic rings. The molecule has 0 aliphatic carbocycles. The number of nitrogens with one attached hydrogen (secondary N) is 1. The van der Waals surface area contributed by atoms with E-state index in [0.29, 0.717) is 6.42 Å². The summed E-state index contributed by atoms with van der Waals surface area (Å²) < 4.78 is 5.45. The van der Waals surface area contributed by atoms with Crippen molar-refractivity contribution in [3.8, 4) is 6.07 Å². The minimum atomic E-state index is 0.646. The van der Waals surface area contributed by atoms with E-state index in [2.05, 4.69) is 48.7 Å². The number of nitrogens with zero attached hydrogens (tertiary/aromatic N) is 1. The van der Waals surface area contributed by atoms with Gasteiger partial charge in [-0.15, -0.1) is 0 Å². The number of rotatable bonds is 6. The molecule has 0 saturated carbocycles. The first-order chi connectivity index (χ1) is 7.74. The second kappa shape index (κ2) is 8.13. The van der Waals surface area contributed by atoms with Crippen LogP contribution in [0.1, 0.15) is 19.3 Å². The largest absolute Gasteiger partial charge is 0.260 e. The van der Waals surface area contributed by atoms with Crippen LogP contribution in [-0.4, -0.2) is 6.54 Å². The topological polar surface area (TPSA) is 35.8 Å². The van der Waals surface area contributed by atoms with E-state index < -0.39 is 0 Å². The maximum absolute atomic E-state index is 8.38. The Labute approximate surface area is 117 Å². The van der Waals surface area contributed by atoms with E-state index in [-0.39, 0.29) is 0 Å². The summed E-state index contributed by atoms with van der Waals surface area (Å²) in [6.07, 6.45) is 2.64. The van der Waals surface area contributed by atoms with Gasteiger partial charge < -0.3 is 0 Å². The number of halogens is 2.